The maximum atomic E-state index is 12.6. The lowest BCUT2D eigenvalue weighted by Gasteiger charge is -2.33. The van der Waals surface area contributed by atoms with E-state index < -0.39 is 10.2 Å². The van der Waals surface area contributed by atoms with E-state index >= 15 is 0 Å². The Kier molecular flexibility index (Phi) is 4.82. The first-order chi connectivity index (χ1) is 10.6. The highest BCUT2D eigenvalue weighted by molar-refractivity contribution is 7.86. The summed E-state index contributed by atoms with van der Waals surface area (Å²) in [5, 5.41) is 0.439. The standard InChI is InChI=1S/C13H19ClN4O3S/c14-11-8-15-13(16-9-11)21-12-4-3-7-18(10-12)22(19,20)17-5-1-2-6-17/h8-9,12H,1-7,10H2. The van der Waals surface area contributed by atoms with Crippen LogP contribution in [0.15, 0.2) is 12.4 Å². The molecule has 122 valence electrons. The van der Waals surface area contributed by atoms with E-state index in [-0.39, 0.29) is 12.1 Å². The number of hydrogen-bond donors (Lipinski definition) is 0. The Bertz CT molecular complexity index is 604. The summed E-state index contributed by atoms with van der Waals surface area (Å²) in [5.41, 5.74) is 0. The Hall–Kier alpha value is -0.960. The quantitative estimate of drug-likeness (QED) is 0.821. The Balaban J connectivity index is 1.65. The summed E-state index contributed by atoms with van der Waals surface area (Å²) in [4.78, 5) is 7.99. The molecule has 1 unspecified atom stereocenters. The second-order valence-electron chi connectivity index (χ2n) is 5.54. The van der Waals surface area contributed by atoms with E-state index in [1.54, 1.807) is 4.31 Å². The summed E-state index contributed by atoms with van der Waals surface area (Å²) < 4.78 is 33.9. The van der Waals surface area contributed by atoms with E-state index in [2.05, 4.69) is 9.97 Å². The summed E-state index contributed by atoms with van der Waals surface area (Å²) >= 11 is 5.74. The van der Waals surface area contributed by atoms with E-state index in [1.165, 1.54) is 16.7 Å². The molecule has 3 heterocycles. The van der Waals surface area contributed by atoms with Crippen LogP contribution in [0.2, 0.25) is 5.02 Å². The van der Waals surface area contributed by atoms with Crippen molar-refractivity contribution in [3.8, 4) is 6.01 Å². The highest BCUT2D eigenvalue weighted by Gasteiger charge is 2.35. The predicted octanol–water partition coefficient (Wildman–Crippen LogP) is 1.31. The number of nitrogens with zero attached hydrogens (tertiary/aromatic N) is 4. The largest absolute Gasteiger partial charge is 0.459 e. The van der Waals surface area contributed by atoms with Gasteiger partial charge in [0.1, 0.15) is 6.10 Å². The van der Waals surface area contributed by atoms with Crippen LogP contribution < -0.4 is 4.74 Å². The van der Waals surface area contributed by atoms with Crippen molar-refractivity contribution < 1.29 is 13.2 Å². The van der Waals surface area contributed by atoms with Crippen LogP contribution in [0.4, 0.5) is 0 Å². The second-order valence-corrected chi connectivity index (χ2v) is 7.90. The van der Waals surface area contributed by atoms with Crippen LogP contribution in [-0.4, -0.2) is 59.3 Å². The molecule has 9 heteroatoms. The van der Waals surface area contributed by atoms with Gasteiger partial charge >= 0.3 is 6.01 Å². The van der Waals surface area contributed by atoms with Crippen LogP contribution in [0.25, 0.3) is 0 Å². The Morgan fingerprint density at radius 2 is 1.73 bits per heavy atom. The molecule has 3 rings (SSSR count). The van der Waals surface area contributed by atoms with Crippen LogP contribution in [0, 0.1) is 0 Å². The maximum Gasteiger partial charge on any atom is 0.316 e. The molecule has 1 aromatic rings. The van der Waals surface area contributed by atoms with E-state index in [1.807, 2.05) is 0 Å². The molecule has 0 bridgehead atoms. The Labute approximate surface area is 135 Å². The third kappa shape index (κ3) is 3.51. The molecule has 22 heavy (non-hydrogen) atoms. The number of halogens is 1. The van der Waals surface area contributed by atoms with Crippen LogP contribution in [0.1, 0.15) is 25.7 Å². The molecular weight excluding hydrogens is 328 g/mol. The molecular formula is C13H19ClN4O3S. The van der Waals surface area contributed by atoms with Crippen LogP contribution >= 0.6 is 11.6 Å². The number of ether oxygens (including phenoxy) is 1. The molecule has 0 aromatic carbocycles. The molecule has 0 amide bonds. The summed E-state index contributed by atoms with van der Waals surface area (Å²) in [7, 11) is -3.37. The fraction of sp³-hybridized carbons (Fsp3) is 0.692. The molecule has 0 saturated carbocycles. The van der Waals surface area contributed by atoms with Gasteiger partial charge in [0.2, 0.25) is 0 Å². The first-order valence-electron chi connectivity index (χ1n) is 7.45. The van der Waals surface area contributed by atoms with Crippen molar-refractivity contribution >= 4 is 21.8 Å². The van der Waals surface area contributed by atoms with Crippen molar-refractivity contribution in [2.45, 2.75) is 31.8 Å². The molecule has 0 radical (unpaired) electrons. The van der Waals surface area contributed by atoms with Gasteiger partial charge in [-0.3, -0.25) is 0 Å². The number of rotatable bonds is 4. The molecule has 0 N–H and O–H groups in total. The second kappa shape index (κ2) is 6.66. The third-order valence-corrected chi connectivity index (χ3v) is 6.12. The van der Waals surface area contributed by atoms with Gasteiger partial charge in [-0.05, 0) is 25.7 Å². The summed E-state index contributed by atoms with van der Waals surface area (Å²) in [6.45, 7) is 2.11. The highest BCUT2D eigenvalue weighted by Crippen LogP contribution is 2.22. The average Bonchev–Trinajstić information content (AvgIpc) is 3.05. The molecule has 1 aromatic heterocycles. The van der Waals surface area contributed by atoms with Crippen molar-refractivity contribution in [2.24, 2.45) is 0 Å². The minimum atomic E-state index is -3.37. The van der Waals surface area contributed by atoms with Gasteiger partial charge in [0.05, 0.1) is 24.0 Å². The van der Waals surface area contributed by atoms with Gasteiger partial charge < -0.3 is 4.74 Å². The van der Waals surface area contributed by atoms with E-state index in [0.29, 0.717) is 31.2 Å². The van der Waals surface area contributed by atoms with Crippen LogP contribution in [0.5, 0.6) is 6.01 Å². The zero-order valence-corrected chi connectivity index (χ0v) is 13.8. The lowest BCUT2D eigenvalue weighted by molar-refractivity contribution is 0.116. The van der Waals surface area contributed by atoms with Crippen LogP contribution in [0.3, 0.4) is 0 Å². The average molecular weight is 347 g/mol. The molecule has 2 aliphatic rings. The maximum absolute atomic E-state index is 12.6. The number of piperidine rings is 1. The fourth-order valence-corrected chi connectivity index (χ4v) is 4.66. The SMILES string of the molecule is O=S(=O)(N1CCCC1)N1CCCC(Oc2ncc(Cl)cn2)C1. The lowest BCUT2D eigenvalue weighted by atomic mass is 10.1. The van der Waals surface area contributed by atoms with Crippen molar-refractivity contribution in [1.29, 1.82) is 0 Å². The number of aromatic nitrogens is 2. The summed E-state index contributed by atoms with van der Waals surface area (Å²) in [5.74, 6) is 0. The molecule has 0 spiro atoms. The van der Waals surface area contributed by atoms with Gasteiger partial charge in [0.15, 0.2) is 0 Å². The zero-order valence-electron chi connectivity index (χ0n) is 12.2. The van der Waals surface area contributed by atoms with Crippen molar-refractivity contribution in [3.05, 3.63) is 17.4 Å². The Morgan fingerprint density at radius 1 is 1.09 bits per heavy atom. The molecule has 2 fully saturated rings. The monoisotopic (exact) mass is 346 g/mol. The van der Waals surface area contributed by atoms with E-state index in [4.69, 9.17) is 16.3 Å². The molecule has 1 atom stereocenters. The van der Waals surface area contributed by atoms with E-state index in [0.717, 1.165) is 25.7 Å². The van der Waals surface area contributed by atoms with Crippen molar-refractivity contribution in [2.75, 3.05) is 26.2 Å². The van der Waals surface area contributed by atoms with Gasteiger partial charge in [-0.15, -0.1) is 0 Å². The van der Waals surface area contributed by atoms with Gasteiger partial charge in [-0.2, -0.15) is 17.0 Å². The van der Waals surface area contributed by atoms with Gasteiger partial charge in [0.25, 0.3) is 10.2 Å². The van der Waals surface area contributed by atoms with Crippen LogP contribution in [-0.2, 0) is 10.2 Å². The third-order valence-electron chi connectivity index (χ3n) is 3.93. The predicted molar refractivity (Wildman–Crippen MR) is 82.0 cm³/mol. The minimum Gasteiger partial charge on any atom is -0.459 e. The first-order valence-corrected chi connectivity index (χ1v) is 9.22. The van der Waals surface area contributed by atoms with Crippen molar-refractivity contribution in [3.63, 3.8) is 0 Å². The molecule has 2 aliphatic heterocycles. The summed E-state index contributed by atoms with van der Waals surface area (Å²) in [6.07, 6.45) is 6.13. The smallest absolute Gasteiger partial charge is 0.316 e. The topological polar surface area (TPSA) is 75.6 Å². The fourth-order valence-electron chi connectivity index (χ4n) is 2.80. The molecule has 2 saturated heterocycles. The van der Waals surface area contributed by atoms with Crippen molar-refractivity contribution in [1.82, 2.24) is 18.6 Å². The summed E-state index contributed by atoms with van der Waals surface area (Å²) in [6, 6.07) is 0.231. The van der Waals surface area contributed by atoms with Gasteiger partial charge in [-0.25, -0.2) is 9.97 Å². The molecule has 0 aliphatic carbocycles. The van der Waals surface area contributed by atoms with Gasteiger partial charge in [0, 0.05) is 19.6 Å². The van der Waals surface area contributed by atoms with Gasteiger partial charge in [-0.1, -0.05) is 11.6 Å². The number of hydrogen-bond acceptors (Lipinski definition) is 5. The highest BCUT2D eigenvalue weighted by atomic mass is 35.5. The Morgan fingerprint density at radius 3 is 2.41 bits per heavy atom. The lowest BCUT2D eigenvalue weighted by Crippen LogP contribution is -2.49. The van der Waals surface area contributed by atoms with E-state index in [9.17, 15) is 8.42 Å². The minimum absolute atomic E-state index is 0.229. The first kappa shape index (κ1) is 15.9. The zero-order chi connectivity index (χ0) is 15.6. The normalized spacial score (nSPS) is 24.5. The molecule has 7 nitrogen and oxygen atoms in total.